The van der Waals surface area contributed by atoms with Crippen LogP contribution in [0.4, 0.5) is 0 Å². The topological polar surface area (TPSA) is 20.2 Å². The summed E-state index contributed by atoms with van der Waals surface area (Å²) >= 11 is 7.41. The molecular weight excluding hydrogens is 411 g/mol. The maximum atomic E-state index is 10.3. The molecule has 0 aliphatic rings. The molecule has 0 spiro atoms. The lowest BCUT2D eigenvalue weighted by atomic mass is 10.0. The molecule has 0 saturated heterocycles. The third-order valence-electron chi connectivity index (χ3n) is 2.60. The van der Waals surface area contributed by atoms with Gasteiger partial charge in [-0.15, -0.1) is 11.3 Å². The molecule has 0 radical (unpaired) electrons. The third kappa shape index (κ3) is 3.30. The molecule has 0 fully saturated rings. The van der Waals surface area contributed by atoms with E-state index >= 15 is 0 Å². The molecule has 1 atom stereocenters. The fourth-order valence-corrected chi connectivity index (χ4v) is 3.90. The Bertz CT molecular complexity index is 524. The number of halogens is 2. The monoisotopic (exact) mass is 422 g/mol. The average molecular weight is 423 g/mol. The first-order valence-electron chi connectivity index (χ1n) is 5.24. The lowest BCUT2D eigenvalue weighted by Crippen LogP contribution is -2.03. The molecule has 1 nitrogen and oxygen atoms in total. The van der Waals surface area contributed by atoms with Gasteiger partial charge in [0.15, 0.2) is 0 Å². The van der Waals surface area contributed by atoms with Gasteiger partial charge in [-0.1, -0.05) is 18.2 Å². The van der Waals surface area contributed by atoms with E-state index in [-0.39, 0.29) is 0 Å². The molecule has 0 saturated carbocycles. The van der Waals surface area contributed by atoms with Crippen LogP contribution in [0.25, 0.3) is 0 Å². The first-order valence-corrected chi connectivity index (χ1v) is 7.99. The molecule has 0 aliphatic carbocycles. The van der Waals surface area contributed by atoms with E-state index in [1.165, 1.54) is 10.4 Å². The van der Waals surface area contributed by atoms with Crippen molar-refractivity contribution in [1.29, 1.82) is 0 Å². The Kier molecular flexibility index (Phi) is 4.63. The molecule has 2 aromatic rings. The number of hydrogen-bond acceptors (Lipinski definition) is 2. The van der Waals surface area contributed by atoms with Gasteiger partial charge in [0.25, 0.3) is 0 Å². The van der Waals surface area contributed by atoms with Crippen molar-refractivity contribution in [3.8, 4) is 0 Å². The second kappa shape index (κ2) is 5.82. The summed E-state index contributed by atoms with van der Waals surface area (Å²) in [6.45, 7) is 2.07. The van der Waals surface area contributed by atoms with Gasteiger partial charge in [0.2, 0.25) is 0 Å². The molecule has 0 aliphatic heterocycles. The molecule has 17 heavy (non-hydrogen) atoms. The molecule has 1 aromatic carbocycles. The summed E-state index contributed by atoms with van der Waals surface area (Å²) in [4.78, 5) is 1.20. The van der Waals surface area contributed by atoms with Gasteiger partial charge in [0.05, 0.1) is 6.10 Å². The fourth-order valence-electron chi connectivity index (χ4n) is 1.69. The summed E-state index contributed by atoms with van der Waals surface area (Å²) in [6.07, 6.45) is 0.253. The Balaban J connectivity index is 2.20. The molecule has 0 bridgehead atoms. The van der Waals surface area contributed by atoms with Gasteiger partial charge in [0, 0.05) is 24.7 Å². The van der Waals surface area contributed by atoms with Gasteiger partial charge in [-0.25, -0.2) is 0 Å². The highest BCUT2D eigenvalue weighted by atomic mass is 127. The molecule has 1 N–H and O–H groups in total. The molecule has 0 amide bonds. The third-order valence-corrected chi connectivity index (χ3v) is 5.79. The quantitative estimate of drug-likeness (QED) is 0.710. The Morgan fingerprint density at radius 1 is 1.47 bits per heavy atom. The average Bonchev–Trinajstić information content (AvgIpc) is 2.68. The van der Waals surface area contributed by atoms with Gasteiger partial charge >= 0.3 is 0 Å². The minimum absolute atomic E-state index is 0.424. The van der Waals surface area contributed by atoms with Crippen molar-refractivity contribution in [3.63, 3.8) is 0 Å². The van der Waals surface area contributed by atoms with Crippen molar-refractivity contribution in [1.82, 2.24) is 0 Å². The molecule has 2 rings (SSSR count). The summed E-state index contributed by atoms with van der Waals surface area (Å²) in [6, 6.07) is 8.14. The van der Waals surface area contributed by atoms with Gasteiger partial charge in [-0.2, -0.15) is 0 Å². The van der Waals surface area contributed by atoms with E-state index in [1.807, 2.05) is 17.5 Å². The summed E-state index contributed by atoms with van der Waals surface area (Å²) < 4.78 is 2.25. The van der Waals surface area contributed by atoms with Crippen molar-refractivity contribution >= 4 is 49.9 Å². The largest absolute Gasteiger partial charge is 0.388 e. The normalized spacial score (nSPS) is 12.7. The predicted molar refractivity (Wildman–Crippen MR) is 84.6 cm³/mol. The number of aliphatic hydroxyl groups is 1. The fraction of sp³-hybridized carbons (Fsp3) is 0.231. The van der Waals surface area contributed by atoms with E-state index in [4.69, 9.17) is 0 Å². The zero-order chi connectivity index (χ0) is 12.4. The molecular formula is C13H12BrIOS. The maximum Gasteiger partial charge on any atom is 0.0848 e. The van der Waals surface area contributed by atoms with E-state index < -0.39 is 6.10 Å². The van der Waals surface area contributed by atoms with Crippen LogP contribution in [-0.2, 0) is 6.42 Å². The Hall–Kier alpha value is 0.0900. The van der Waals surface area contributed by atoms with Crippen molar-refractivity contribution in [2.75, 3.05) is 0 Å². The number of aryl methyl sites for hydroxylation is 1. The predicted octanol–water partition coefficient (Wildman–Crippen LogP) is 4.70. The van der Waals surface area contributed by atoms with Crippen molar-refractivity contribution in [2.45, 2.75) is 19.4 Å². The summed E-state index contributed by atoms with van der Waals surface area (Å²) in [7, 11) is 0. The number of aliphatic hydroxyl groups excluding tert-OH is 1. The van der Waals surface area contributed by atoms with Crippen LogP contribution in [0.2, 0.25) is 0 Å². The van der Waals surface area contributed by atoms with Crippen LogP contribution in [-0.4, -0.2) is 5.11 Å². The number of benzene rings is 1. The SMILES string of the molecule is Cc1cccc(C(O)Cc2cc(Br)cs2)c1I. The van der Waals surface area contributed by atoms with E-state index in [2.05, 4.69) is 57.6 Å². The highest BCUT2D eigenvalue weighted by Crippen LogP contribution is 2.28. The van der Waals surface area contributed by atoms with Gasteiger partial charge in [-0.3, -0.25) is 0 Å². The Morgan fingerprint density at radius 2 is 2.24 bits per heavy atom. The van der Waals surface area contributed by atoms with Crippen LogP contribution in [0.1, 0.15) is 22.1 Å². The van der Waals surface area contributed by atoms with Gasteiger partial charge in [0.1, 0.15) is 0 Å². The molecule has 90 valence electrons. The number of rotatable bonds is 3. The van der Waals surface area contributed by atoms with E-state index in [0.29, 0.717) is 6.42 Å². The minimum atomic E-state index is -0.424. The zero-order valence-corrected chi connectivity index (χ0v) is 13.8. The second-order valence-electron chi connectivity index (χ2n) is 3.93. The minimum Gasteiger partial charge on any atom is -0.388 e. The van der Waals surface area contributed by atoms with E-state index in [0.717, 1.165) is 13.6 Å². The zero-order valence-electron chi connectivity index (χ0n) is 9.28. The molecule has 1 aromatic heterocycles. The first-order chi connectivity index (χ1) is 8.08. The van der Waals surface area contributed by atoms with Crippen LogP contribution < -0.4 is 0 Å². The smallest absolute Gasteiger partial charge is 0.0848 e. The molecule has 1 unspecified atom stereocenters. The standard InChI is InChI=1S/C13H12BrIOS/c1-8-3-2-4-11(13(8)15)12(16)6-10-5-9(14)7-17-10/h2-5,7,12,16H,6H2,1H3. The van der Waals surface area contributed by atoms with Gasteiger partial charge in [-0.05, 0) is 62.6 Å². The summed E-state index contributed by atoms with van der Waals surface area (Å²) in [5.41, 5.74) is 2.24. The van der Waals surface area contributed by atoms with Gasteiger partial charge < -0.3 is 5.11 Å². The van der Waals surface area contributed by atoms with Crippen LogP contribution in [0.3, 0.4) is 0 Å². The Morgan fingerprint density at radius 3 is 2.88 bits per heavy atom. The number of hydrogen-bond donors (Lipinski definition) is 1. The Labute approximate surface area is 127 Å². The summed E-state index contributed by atoms with van der Waals surface area (Å²) in [5, 5.41) is 12.3. The number of thiophene rings is 1. The van der Waals surface area contributed by atoms with E-state index in [9.17, 15) is 5.11 Å². The maximum absolute atomic E-state index is 10.3. The summed E-state index contributed by atoms with van der Waals surface area (Å²) in [5.74, 6) is 0. The molecule has 1 heterocycles. The lowest BCUT2D eigenvalue weighted by molar-refractivity contribution is 0.178. The van der Waals surface area contributed by atoms with E-state index in [1.54, 1.807) is 11.3 Å². The van der Waals surface area contributed by atoms with Crippen LogP contribution >= 0.6 is 49.9 Å². The van der Waals surface area contributed by atoms with Crippen molar-refractivity contribution in [3.05, 3.63) is 53.7 Å². The van der Waals surface area contributed by atoms with Crippen molar-refractivity contribution in [2.24, 2.45) is 0 Å². The lowest BCUT2D eigenvalue weighted by Gasteiger charge is -2.13. The highest BCUT2D eigenvalue weighted by molar-refractivity contribution is 14.1. The van der Waals surface area contributed by atoms with Crippen LogP contribution in [0.15, 0.2) is 34.1 Å². The van der Waals surface area contributed by atoms with Crippen molar-refractivity contribution < 1.29 is 5.11 Å². The molecule has 4 heteroatoms. The van der Waals surface area contributed by atoms with Crippen LogP contribution in [0.5, 0.6) is 0 Å². The second-order valence-corrected chi connectivity index (χ2v) is 6.92. The highest BCUT2D eigenvalue weighted by Gasteiger charge is 2.13. The first kappa shape index (κ1) is 13.5. The van der Waals surface area contributed by atoms with Crippen LogP contribution in [0, 0.1) is 10.5 Å².